The van der Waals surface area contributed by atoms with Crippen molar-refractivity contribution in [3.8, 4) is 0 Å². The topological polar surface area (TPSA) is 79.2 Å². The van der Waals surface area contributed by atoms with Gasteiger partial charge in [-0.05, 0) is 36.5 Å². The molecule has 1 rings (SSSR count). The molecule has 0 aromatic heterocycles. The van der Waals surface area contributed by atoms with Gasteiger partial charge in [0.1, 0.15) is 6.10 Å². The predicted octanol–water partition coefficient (Wildman–Crippen LogP) is 3.02. The van der Waals surface area contributed by atoms with Gasteiger partial charge in [-0.2, -0.15) is 0 Å². The first-order valence-electron chi connectivity index (χ1n) is 8.09. The van der Waals surface area contributed by atoms with Crippen LogP contribution in [0.4, 0.5) is 0 Å². The highest BCUT2D eigenvalue weighted by Gasteiger charge is 2.36. The molecule has 0 radical (unpaired) electrons. The Morgan fingerprint density at radius 2 is 1.82 bits per heavy atom. The largest absolute Gasteiger partial charge is 0.393 e. The fraction of sp³-hybridized carbons (Fsp3) is 1.00. The van der Waals surface area contributed by atoms with Crippen LogP contribution < -0.4 is 0 Å². The summed E-state index contributed by atoms with van der Waals surface area (Å²) in [5.74, 6) is -0.933. The quantitative estimate of drug-likeness (QED) is 0.594. The lowest BCUT2D eigenvalue weighted by molar-refractivity contribution is 0.0673. The van der Waals surface area contributed by atoms with Crippen molar-refractivity contribution in [1.82, 2.24) is 0 Å². The van der Waals surface area contributed by atoms with Crippen LogP contribution in [0.5, 0.6) is 0 Å². The summed E-state index contributed by atoms with van der Waals surface area (Å²) in [6.45, 7) is 11.7. The summed E-state index contributed by atoms with van der Waals surface area (Å²) in [6.07, 6.45) is 2.10. The van der Waals surface area contributed by atoms with E-state index in [9.17, 15) is 15.3 Å². The van der Waals surface area contributed by atoms with E-state index >= 15 is 0 Å². The molecule has 1 heterocycles. The SMILES string of the molecule is CC(C)(C)CC(C)(C)CC[C@@H](O)CCOP1OC[C@@H](O)[C@H]1O. The van der Waals surface area contributed by atoms with Crippen molar-refractivity contribution in [2.24, 2.45) is 10.8 Å². The van der Waals surface area contributed by atoms with E-state index in [0.29, 0.717) is 13.0 Å². The Labute approximate surface area is 135 Å². The third kappa shape index (κ3) is 7.67. The van der Waals surface area contributed by atoms with Crippen LogP contribution in [-0.4, -0.2) is 46.6 Å². The second kappa shape index (κ2) is 8.36. The monoisotopic (exact) mass is 336 g/mol. The lowest BCUT2D eigenvalue weighted by Gasteiger charge is -2.33. The van der Waals surface area contributed by atoms with E-state index in [0.717, 1.165) is 19.3 Å². The maximum atomic E-state index is 10.1. The Morgan fingerprint density at radius 1 is 1.18 bits per heavy atom. The lowest BCUT2D eigenvalue weighted by Crippen LogP contribution is -2.23. The predicted molar refractivity (Wildman–Crippen MR) is 88.5 cm³/mol. The minimum atomic E-state index is -1.43. The highest BCUT2D eigenvalue weighted by Crippen LogP contribution is 2.49. The average molecular weight is 336 g/mol. The summed E-state index contributed by atoms with van der Waals surface area (Å²) in [5, 5.41) is 29.0. The normalized spacial score (nSPS) is 28.1. The number of aliphatic hydroxyl groups is 3. The van der Waals surface area contributed by atoms with Gasteiger partial charge in [0, 0.05) is 0 Å². The first-order chi connectivity index (χ1) is 10.0. The number of aliphatic hydroxyl groups excluding tert-OH is 3. The summed E-state index contributed by atoms with van der Waals surface area (Å²) in [5.41, 5.74) is 0.496. The van der Waals surface area contributed by atoms with Gasteiger partial charge in [0.25, 0.3) is 0 Å². The van der Waals surface area contributed by atoms with Crippen LogP contribution in [0.1, 0.15) is 60.3 Å². The molecule has 0 aliphatic carbocycles. The zero-order valence-corrected chi connectivity index (χ0v) is 15.5. The molecule has 1 aliphatic rings. The van der Waals surface area contributed by atoms with Crippen LogP contribution in [0.3, 0.4) is 0 Å². The van der Waals surface area contributed by atoms with Gasteiger partial charge in [-0.25, -0.2) is 0 Å². The molecule has 4 atom stereocenters. The summed E-state index contributed by atoms with van der Waals surface area (Å²) < 4.78 is 10.6. The average Bonchev–Trinajstić information content (AvgIpc) is 2.66. The van der Waals surface area contributed by atoms with Crippen LogP contribution >= 0.6 is 8.38 Å². The fourth-order valence-electron chi connectivity index (χ4n) is 3.07. The van der Waals surface area contributed by atoms with Crippen LogP contribution in [0.2, 0.25) is 0 Å². The highest BCUT2D eigenvalue weighted by molar-refractivity contribution is 7.48. The van der Waals surface area contributed by atoms with Gasteiger partial charge in [0.05, 0.1) is 19.3 Å². The molecule has 1 fully saturated rings. The van der Waals surface area contributed by atoms with E-state index in [4.69, 9.17) is 9.05 Å². The van der Waals surface area contributed by atoms with Crippen molar-refractivity contribution in [3.05, 3.63) is 0 Å². The van der Waals surface area contributed by atoms with Crippen LogP contribution in [0.25, 0.3) is 0 Å². The molecule has 5 nitrogen and oxygen atoms in total. The molecule has 22 heavy (non-hydrogen) atoms. The number of hydrogen-bond donors (Lipinski definition) is 3. The summed E-state index contributed by atoms with van der Waals surface area (Å²) in [4.78, 5) is 0. The van der Waals surface area contributed by atoms with E-state index in [2.05, 4.69) is 34.6 Å². The first kappa shape index (κ1) is 20.3. The Hall–Kier alpha value is 0.230. The van der Waals surface area contributed by atoms with Crippen LogP contribution in [0.15, 0.2) is 0 Å². The van der Waals surface area contributed by atoms with Gasteiger partial charge in [-0.1, -0.05) is 34.6 Å². The first-order valence-corrected chi connectivity index (χ1v) is 9.34. The standard InChI is InChI=1S/C16H33O5P/c1-15(2,3)11-16(4,5)8-6-12(17)7-9-20-22-14(19)13(18)10-21-22/h12-14,17-19H,6-11H2,1-5H3/t12-,13-,14+,22?/m1/s1. The number of hydrogen-bond acceptors (Lipinski definition) is 5. The zero-order chi connectivity index (χ0) is 17.0. The minimum absolute atomic E-state index is 0.121. The molecule has 0 aromatic rings. The molecule has 1 saturated heterocycles. The molecule has 0 aromatic carbocycles. The Kier molecular flexibility index (Phi) is 7.71. The van der Waals surface area contributed by atoms with Crippen molar-refractivity contribution in [2.45, 2.75) is 78.4 Å². The third-order valence-corrected chi connectivity index (χ3v) is 5.38. The molecule has 0 bridgehead atoms. The fourth-order valence-corrected chi connectivity index (χ4v) is 4.40. The van der Waals surface area contributed by atoms with Gasteiger partial charge in [0.15, 0.2) is 5.85 Å². The van der Waals surface area contributed by atoms with E-state index in [1.807, 2.05) is 0 Å². The van der Waals surface area contributed by atoms with E-state index in [1.54, 1.807) is 0 Å². The van der Waals surface area contributed by atoms with Crippen molar-refractivity contribution >= 4 is 8.38 Å². The van der Waals surface area contributed by atoms with Gasteiger partial charge in [-0.15, -0.1) is 0 Å². The van der Waals surface area contributed by atoms with Crippen LogP contribution in [0, 0.1) is 10.8 Å². The van der Waals surface area contributed by atoms with Gasteiger partial charge in [-0.3, -0.25) is 0 Å². The lowest BCUT2D eigenvalue weighted by atomic mass is 9.73. The summed E-state index contributed by atoms with van der Waals surface area (Å²) in [7, 11) is -1.43. The summed E-state index contributed by atoms with van der Waals surface area (Å²) in [6, 6.07) is 0. The molecule has 0 amide bonds. The van der Waals surface area contributed by atoms with Crippen molar-refractivity contribution in [1.29, 1.82) is 0 Å². The molecule has 0 spiro atoms. The molecule has 132 valence electrons. The third-order valence-electron chi connectivity index (χ3n) is 3.77. The molecular formula is C16H33O5P. The van der Waals surface area contributed by atoms with E-state index in [1.165, 1.54) is 0 Å². The smallest absolute Gasteiger partial charge is 0.204 e. The highest BCUT2D eigenvalue weighted by atomic mass is 31.2. The molecule has 0 saturated carbocycles. The van der Waals surface area contributed by atoms with Crippen molar-refractivity contribution in [2.75, 3.05) is 13.2 Å². The molecule has 6 heteroatoms. The maximum absolute atomic E-state index is 10.1. The zero-order valence-electron chi connectivity index (χ0n) is 14.6. The maximum Gasteiger partial charge on any atom is 0.204 e. The van der Waals surface area contributed by atoms with Crippen molar-refractivity contribution < 1.29 is 24.4 Å². The molecule has 1 unspecified atom stereocenters. The Balaban J connectivity index is 2.19. The van der Waals surface area contributed by atoms with E-state index < -0.39 is 26.4 Å². The Bertz CT molecular complexity index is 329. The second-order valence-corrected chi connectivity index (χ2v) is 9.89. The molecular weight excluding hydrogens is 303 g/mol. The second-order valence-electron chi connectivity index (χ2n) is 8.28. The van der Waals surface area contributed by atoms with Crippen molar-refractivity contribution in [3.63, 3.8) is 0 Å². The van der Waals surface area contributed by atoms with Gasteiger partial charge < -0.3 is 24.4 Å². The van der Waals surface area contributed by atoms with E-state index in [-0.39, 0.29) is 17.4 Å². The van der Waals surface area contributed by atoms with Crippen LogP contribution in [-0.2, 0) is 9.05 Å². The number of rotatable bonds is 8. The molecule has 1 aliphatic heterocycles. The Morgan fingerprint density at radius 3 is 2.32 bits per heavy atom. The van der Waals surface area contributed by atoms with Gasteiger partial charge >= 0.3 is 0 Å². The molecule has 3 N–H and O–H groups in total. The van der Waals surface area contributed by atoms with Gasteiger partial charge in [0.2, 0.25) is 8.38 Å². The summed E-state index contributed by atoms with van der Waals surface area (Å²) >= 11 is 0. The minimum Gasteiger partial charge on any atom is -0.393 e.